The first-order chi connectivity index (χ1) is 14.0. The van der Waals surface area contributed by atoms with E-state index in [1.165, 1.54) is 56.9 Å². The zero-order chi connectivity index (χ0) is 20.8. The van der Waals surface area contributed by atoms with Crippen molar-refractivity contribution in [1.82, 2.24) is 0 Å². The van der Waals surface area contributed by atoms with Crippen molar-refractivity contribution in [2.45, 2.75) is 64.2 Å². The summed E-state index contributed by atoms with van der Waals surface area (Å²) in [4.78, 5) is 12.5. The van der Waals surface area contributed by atoms with Crippen LogP contribution in [0.15, 0.2) is 49.8 Å². The summed E-state index contributed by atoms with van der Waals surface area (Å²) in [6, 6.07) is 11.4. The molecule has 1 aliphatic rings. The van der Waals surface area contributed by atoms with E-state index in [0.29, 0.717) is 17.2 Å². The number of benzene rings is 2. The highest BCUT2D eigenvalue weighted by Gasteiger charge is 2.24. The first-order valence-electron chi connectivity index (χ1n) is 10.4. The van der Waals surface area contributed by atoms with E-state index < -0.39 is 0 Å². The van der Waals surface area contributed by atoms with E-state index in [4.69, 9.17) is 4.74 Å². The van der Waals surface area contributed by atoms with Crippen molar-refractivity contribution in [3.05, 3.63) is 60.9 Å². The normalized spacial score (nSPS) is 19.2. The maximum absolute atomic E-state index is 12.5. The van der Waals surface area contributed by atoms with Crippen LogP contribution in [0.3, 0.4) is 0 Å². The summed E-state index contributed by atoms with van der Waals surface area (Å²) in [6.45, 7) is 2.27. The highest BCUT2D eigenvalue weighted by molar-refractivity contribution is 9.11. The molecule has 0 saturated heterocycles. The summed E-state index contributed by atoms with van der Waals surface area (Å²) in [5.74, 6) is 1.66. The first-order valence-corrected chi connectivity index (χ1v) is 12.8. The van der Waals surface area contributed by atoms with Crippen LogP contribution in [0.1, 0.15) is 80.1 Å². The Kier molecular flexibility index (Phi) is 8.82. The number of esters is 1. The van der Waals surface area contributed by atoms with Crippen molar-refractivity contribution in [3.63, 3.8) is 0 Å². The molecule has 1 saturated carbocycles. The molecule has 3 rings (SSSR count). The molecule has 0 radical (unpaired) electrons. The summed E-state index contributed by atoms with van der Waals surface area (Å²) in [7, 11) is 0. The lowest BCUT2D eigenvalue weighted by Gasteiger charge is -2.29. The molecule has 156 valence electrons. The molecule has 2 nitrogen and oxygen atoms in total. The van der Waals surface area contributed by atoms with Gasteiger partial charge >= 0.3 is 5.97 Å². The molecule has 0 spiro atoms. The number of rotatable bonds is 7. The van der Waals surface area contributed by atoms with Crippen molar-refractivity contribution in [2.24, 2.45) is 5.92 Å². The van der Waals surface area contributed by atoms with Gasteiger partial charge in [0.2, 0.25) is 0 Å². The number of carbonyl (C=O) groups excluding carboxylic acids is 1. The van der Waals surface area contributed by atoms with Crippen LogP contribution in [0.5, 0.6) is 5.75 Å². The quantitative estimate of drug-likeness (QED) is 0.184. The van der Waals surface area contributed by atoms with E-state index in [2.05, 4.69) is 66.8 Å². The van der Waals surface area contributed by atoms with Gasteiger partial charge in [-0.05, 0) is 111 Å². The predicted molar refractivity (Wildman–Crippen MR) is 130 cm³/mol. The molecule has 1 aliphatic carbocycles. The van der Waals surface area contributed by atoms with E-state index in [0.717, 1.165) is 19.3 Å². The van der Waals surface area contributed by atoms with Gasteiger partial charge in [-0.25, -0.2) is 4.79 Å². The Morgan fingerprint density at radius 2 is 1.59 bits per heavy atom. The number of ether oxygens (including phenoxy) is 1. The molecular formula is C24H27Br3O2. The molecule has 0 heterocycles. The third-order valence-electron chi connectivity index (χ3n) is 5.83. The highest BCUT2D eigenvalue weighted by Crippen LogP contribution is 2.42. The standard InChI is InChI=1S/C24H27Br3O2/c1-2-3-4-5-16-6-8-17(9-7-16)19-14-21(26)23(22(27)15-19)29-24(28)18-10-12-20(25)13-11-18/h10-17H,2-9H2,1H3. The molecule has 0 amide bonds. The van der Waals surface area contributed by atoms with Crippen LogP contribution in [0.2, 0.25) is 0 Å². The fourth-order valence-electron chi connectivity index (χ4n) is 4.12. The fourth-order valence-corrected chi connectivity index (χ4v) is 5.77. The smallest absolute Gasteiger partial charge is 0.343 e. The highest BCUT2D eigenvalue weighted by atomic mass is 79.9. The molecule has 0 N–H and O–H groups in total. The van der Waals surface area contributed by atoms with Gasteiger partial charge in [-0.3, -0.25) is 0 Å². The van der Waals surface area contributed by atoms with Crippen LogP contribution >= 0.6 is 47.8 Å². The summed E-state index contributed by atoms with van der Waals surface area (Å²) < 4.78 is 8.23. The van der Waals surface area contributed by atoms with Gasteiger partial charge in [0.1, 0.15) is 0 Å². The summed E-state index contributed by atoms with van der Waals surface area (Å²) in [5.41, 5.74) is 1.84. The molecule has 2 aromatic rings. The lowest BCUT2D eigenvalue weighted by atomic mass is 9.77. The zero-order valence-electron chi connectivity index (χ0n) is 16.7. The minimum absolute atomic E-state index is 0.362. The number of hydrogen-bond donors (Lipinski definition) is 0. The Morgan fingerprint density at radius 3 is 2.17 bits per heavy atom. The Labute approximate surface area is 199 Å². The Balaban J connectivity index is 1.64. The first kappa shape index (κ1) is 23.0. The van der Waals surface area contributed by atoms with Crippen molar-refractivity contribution >= 4 is 53.8 Å². The molecule has 0 atom stereocenters. The van der Waals surface area contributed by atoms with E-state index in [1.807, 2.05) is 12.1 Å². The lowest BCUT2D eigenvalue weighted by molar-refractivity contribution is 0.0732. The molecule has 0 aliphatic heterocycles. The molecule has 0 bridgehead atoms. The number of hydrogen-bond acceptors (Lipinski definition) is 2. The summed E-state index contributed by atoms with van der Waals surface area (Å²) in [5, 5.41) is 0. The molecule has 2 aromatic carbocycles. The molecule has 5 heteroatoms. The van der Waals surface area contributed by atoms with E-state index in [9.17, 15) is 4.79 Å². The Morgan fingerprint density at radius 1 is 0.966 bits per heavy atom. The van der Waals surface area contributed by atoms with E-state index in [1.54, 1.807) is 12.1 Å². The monoisotopic (exact) mass is 584 g/mol. The van der Waals surface area contributed by atoms with E-state index >= 15 is 0 Å². The second-order valence-corrected chi connectivity index (χ2v) is 10.5. The number of unbranched alkanes of at least 4 members (excludes halogenated alkanes) is 2. The fraction of sp³-hybridized carbons (Fsp3) is 0.458. The lowest BCUT2D eigenvalue weighted by Crippen LogP contribution is -2.14. The molecule has 1 fully saturated rings. The summed E-state index contributed by atoms with van der Waals surface area (Å²) >= 11 is 10.6. The van der Waals surface area contributed by atoms with Crippen molar-refractivity contribution < 1.29 is 9.53 Å². The minimum Gasteiger partial charge on any atom is -0.421 e. The van der Waals surface area contributed by atoms with Gasteiger partial charge in [0.25, 0.3) is 0 Å². The third kappa shape index (κ3) is 6.41. The van der Waals surface area contributed by atoms with Crippen LogP contribution in [0.4, 0.5) is 0 Å². The average molecular weight is 587 g/mol. The second kappa shape index (κ2) is 11.1. The number of carbonyl (C=O) groups is 1. The van der Waals surface area contributed by atoms with Crippen LogP contribution in [0, 0.1) is 5.92 Å². The van der Waals surface area contributed by atoms with E-state index in [-0.39, 0.29) is 5.97 Å². The Hall–Kier alpha value is -0.650. The molecule has 0 aromatic heterocycles. The van der Waals surface area contributed by atoms with Crippen LogP contribution < -0.4 is 4.74 Å². The SMILES string of the molecule is CCCCCC1CCC(c2cc(Br)c(OC(=O)c3ccc(Br)cc3)c(Br)c2)CC1. The molecular weight excluding hydrogens is 560 g/mol. The largest absolute Gasteiger partial charge is 0.421 e. The van der Waals surface area contributed by atoms with Crippen molar-refractivity contribution in [3.8, 4) is 5.75 Å². The second-order valence-electron chi connectivity index (χ2n) is 7.92. The molecule has 29 heavy (non-hydrogen) atoms. The molecule has 0 unspecified atom stereocenters. The van der Waals surface area contributed by atoms with Gasteiger partial charge in [-0.15, -0.1) is 0 Å². The minimum atomic E-state index is -0.362. The van der Waals surface area contributed by atoms with Crippen molar-refractivity contribution in [1.29, 1.82) is 0 Å². The van der Waals surface area contributed by atoms with Gasteiger partial charge < -0.3 is 4.74 Å². The topological polar surface area (TPSA) is 26.3 Å². The maximum atomic E-state index is 12.5. The predicted octanol–water partition coefficient (Wildman–Crippen LogP) is 9.05. The van der Waals surface area contributed by atoms with Gasteiger partial charge in [0.05, 0.1) is 14.5 Å². The third-order valence-corrected chi connectivity index (χ3v) is 7.54. The van der Waals surface area contributed by atoms with Gasteiger partial charge in [-0.2, -0.15) is 0 Å². The van der Waals surface area contributed by atoms with Gasteiger partial charge in [0.15, 0.2) is 5.75 Å². The maximum Gasteiger partial charge on any atom is 0.343 e. The van der Waals surface area contributed by atoms with Crippen LogP contribution in [-0.4, -0.2) is 5.97 Å². The zero-order valence-corrected chi connectivity index (χ0v) is 21.5. The van der Waals surface area contributed by atoms with Gasteiger partial charge in [0, 0.05) is 4.47 Å². The Bertz CT molecular complexity index is 802. The number of halogens is 3. The van der Waals surface area contributed by atoms with Crippen molar-refractivity contribution in [2.75, 3.05) is 0 Å². The van der Waals surface area contributed by atoms with Crippen LogP contribution in [-0.2, 0) is 0 Å². The summed E-state index contributed by atoms with van der Waals surface area (Å²) in [6.07, 6.45) is 10.6. The average Bonchev–Trinajstić information content (AvgIpc) is 2.71. The van der Waals surface area contributed by atoms with Gasteiger partial charge in [-0.1, -0.05) is 48.5 Å². The van der Waals surface area contributed by atoms with Crippen LogP contribution in [0.25, 0.3) is 0 Å².